The molecule has 0 atom stereocenters. The van der Waals surface area contributed by atoms with Gasteiger partial charge in [0.2, 0.25) is 5.76 Å². The number of Topliss-reactive ketones (excluding diaryl/α,β-unsaturated/α-hetero) is 1. The number of benzene rings is 1. The average Bonchev–Trinajstić information content (AvgIpc) is 2.66. The number of rotatable bonds is 2. The second-order valence-corrected chi connectivity index (χ2v) is 5.04. The van der Waals surface area contributed by atoms with Crippen molar-refractivity contribution in [2.45, 2.75) is 11.8 Å². The number of allylic oxidation sites excluding steroid dienone is 2. The number of hydrogen-bond acceptors (Lipinski definition) is 2. The number of hydrogen-bond donors (Lipinski definition) is 1. The van der Waals surface area contributed by atoms with Crippen molar-refractivity contribution in [3.8, 4) is 11.1 Å². The minimum absolute atomic E-state index is 0.700. The van der Waals surface area contributed by atoms with Gasteiger partial charge < -0.3 is 5.11 Å². The molecule has 1 heterocycles. The number of nitrogens with zero attached hydrogens (tertiary/aromatic N) is 1. The Hall–Kier alpha value is -2.70. The van der Waals surface area contributed by atoms with Crippen molar-refractivity contribution in [1.82, 2.24) is 0 Å². The Bertz CT molecular complexity index is 799. The van der Waals surface area contributed by atoms with Crippen LogP contribution in [0.25, 0.3) is 16.8 Å². The molecule has 0 bridgehead atoms. The van der Waals surface area contributed by atoms with Crippen LogP contribution in [0.5, 0.6) is 0 Å². The topological polar surface area (TPSA) is 41.2 Å². The third kappa shape index (κ3) is 2.11. The van der Waals surface area contributed by atoms with E-state index in [-0.39, 0.29) is 0 Å². The molecule has 7 heteroatoms. The predicted octanol–water partition coefficient (Wildman–Crippen LogP) is 3.22. The van der Waals surface area contributed by atoms with Crippen molar-refractivity contribution < 1.29 is 32.0 Å². The lowest BCUT2D eigenvalue weighted by Crippen LogP contribution is -2.44. The molecular weight excluding hydrogens is 314 g/mol. The van der Waals surface area contributed by atoms with E-state index < -0.39 is 29.1 Å². The molecule has 3 nitrogen and oxygen atoms in total. The average molecular weight is 324 g/mol. The van der Waals surface area contributed by atoms with Crippen LogP contribution in [-0.2, 0) is 4.79 Å². The van der Waals surface area contributed by atoms with Crippen LogP contribution in [0, 0.1) is 0 Å². The summed E-state index contributed by atoms with van der Waals surface area (Å²) in [4.78, 5) is 11.5. The summed E-state index contributed by atoms with van der Waals surface area (Å²) >= 11 is 0. The smallest absolute Gasteiger partial charge is 0.385 e. The second kappa shape index (κ2) is 4.91. The van der Waals surface area contributed by atoms with E-state index in [4.69, 9.17) is 0 Å². The molecule has 3 rings (SSSR count). The molecule has 0 amide bonds. The van der Waals surface area contributed by atoms with Crippen LogP contribution in [0.1, 0.15) is 0 Å². The summed E-state index contributed by atoms with van der Waals surface area (Å²) in [5.74, 6) is -13.9. The zero-order valence-corrected chi connectivity index (χ0v) is 11.5. The minimum Gasteiger partial charge on any atom is -0.501 e. The molecule has 1 aromatic carbocycles. The van der Waals surface area contributed by atoms with Crippen LogP contribution in [0.4, 0.5) is 17.6 Å². The number of carbonyl (C=O) groups is 1. The molecule has 0 spiro atoms. The Labute approximate surface area is 128 Å². The van der Waals surface area contributed by atoms with E-state index in [2.05, 4.69) is 0 Å². The highest BCUT2D eigenvalue weighted by molar-refractivity contribution is 6.19. The molecule has 0 radical (unpaired) electrons. The predicted molar refractivity (Wildman–Crippen MR) is 72.8 cm³/mol. The van der Waals surface area contributed by atoms with Crippen molar-refractivity contribution >= 4 is 11.5 Å². The molecule has 0 saturated heterocycles. The van der Waals surface area contributed by atoms with Gasteiger partial charge in [0, 0.05) is 12.1 Å². The maximum Gasteiger partial charge on any atom is 0.385 e. The van der Waals surface area contributed by atoms with Gasteiger partial charge >= 0.3 is 23.3 Å². The van der Waals surface area contributed by atoms with Crippen LogP contribution in [-0.4, -0.2) is 22.7 Å². The van der Waals surface area contributed by atoms with Gasteiger partial charge in [-0.1, -0.05) is 30.3 Å². The summed E-state index contributed by atoms with van der Waals surface area (Å²) in [7, 11) is 0. The van der Waals surface area contributed by atoms with Gasteiger partial charge in [0.1, 0.15) is 0 Å². The number of aromatic nitrogens is 1. The van der Waals surface area contributed by atoms with Gasteiger partial charge in [-0.05, 0) is 11.1 Å². The molecule has 0 fully saturated rings. The normalized spacial score (nSPS) is 19.2. The van der Waals surface area contributed by atoms with Crippen molar-refractivity contribution in [2.75, 3.05) is 0 Å². The fourth-order valence-electron chi connectivity index (χ4n) is 2.33. The van der Waals surface area contributed by atoms with E-state index in [0.717, 1.165) is 10.1 Å². The first-order valence-electron chi connectivity index (χ1n) is 6.58. The first kappa shape index (κ1) is 15.2. The third-order valence-electron chi connectivity index (χ3n) is 3.61. The van der Waals surface area contributed by atoms with Gasteiger partial charge in [-0.2, -0.15) is 22.1 Å². The molecule has 1 aliphatic carbocycles. The minimum atomic E-state index is -4.96. The lowest BCUT2D eigenvalue weighted by atomic mass is 10.1. The Balaban J connectivity index is 2.04. The molecule has 0 aliphatic heterocycles. The van der Waals surface area contributed by atoms with Gasteiger partial charge in [-0.15, -0.1) is 0 Å². The molecule has 1 N–H and O–H groups in total. The summed E-state index contributed by atoms with van der Waals surface area (Å²) in [5.41, 5.74) is 0.400. The van der Waals surface area contributed by atoms with Crippen LogP contribution in [0.3, 0.4) is 0 Å². The maximum atomic E-state index is 13.4. The van der Waals surface area contributed by atoms with Gasteiger partial charge in [0.05, 0.1) is 0 Å². The number of carbonyl (C=O) groups excluding carboxylic acids is 1. The van der Waals surface area contributed by atoms with Crippen LogP contribution < -0.4 is 4.57 Å². The zero-order chi connectivity index (χ0) is 16.8. The molecular formula is C16H10F4NO2+. The lowest BCUT2D eigenvalue weighted by molar-refractivity contribution is -0.578. The van der Waals surface area contributed by atoms with E-state index in [0.29, 0.717) is 5.56 Å². The maximum absolute atomic E-state index is 13.4. The highest BCUT2D eigenvalue weighted by atomic mass is 19.3. The third-order valence-corrected chi connectivity index (χ3v) is 3.61. The Morgan fingerprint density at radius 3 is 1.83 bits per heavy atom. The number of ketones is 1. The van der Waals surface area contributed by atoms with E-state index in [1.165, 1.54) is 24.5 Å². The van der Waals surface area contributed by atoms with Crippen LogP contribution in [0.15, 0.2) is 60.6 Å². The SMILES string of the molecule is O=C1C([n+]2ccc(-c3ccccc3)cc2)=C(O)C(F)(F)C1(F)F. The van der Waals surface area contributed by atoms with Crippen molar-refractivity contribution in [3.63, 3.8) is 0 Å². The summed E-state index contributed by atoms with van der Waals surface area (Å²) < 4.78 is 54.1. The first-order valence-corrected chi connectivity index (χ1v) is 6.58. The molecule has 118 valence electrons. The van der Waals surface area contributed by atoms with E-state index in [9.17, 15) is 27.5 Å². The highest BCUT2D eigenvalue weighted by Gasteiger charge is 2.74. The summed E-state index contributed by atoms with van der Waals surface area (Å²) in [6.07, 6.45) is 2.34. The zero-order valence-electron chi connectivity index (χ0n) is 11.5. The Morgan fingerprint density at radius 1 is 0.826 bits per heavy atom. The van der Waals surface area contributed by atoms with Crippen molar-refractivity contribution in [3.05, 3.63) is 60.6 Å². The molecule has 23 heavy (non-hydrogen) atoms. The largest absolute Gasteiger partial charge is 0.501 e. The molecule has 0 unspecified atom stereocenters. The van der Waals surface area contributed by atoms with Gasteiger partial charge in [0.25, 0.3) is 0 Å². The van der Waals surface area contributed by atoms with E-state index in [1.54, 1.807) is 24.3 Å². The Kier molecular flexibility index (Phi) is 3.24. The Morgan fingerprint density at radius 2 is 1.35 bits per heavy atom. The summed E-state index contributed by atoms with van der Waals surface area (Å²) in [5, 5.41) is 9.37. The lowest BCUT2D eigenvalue weighted by Gasteiger charge is -2.15. The molecule has 1 aromatic heterocycles. The summed E-state index contributed by atoms with van der Waals surface area (Å²) in [6.45, 7) is 0. The second-order valence-electron chi connectivity index (χ2n) is 5.04. The number of pyridine rings is 1. The monoisotopic (exact) mass is 324 g/mol. The van der Waals surface area contributed by atoms with Crippen molar-refractivity contribution in [2.24, 2.45) is 0 Å². The summed E-state index contributed by atoms with van der Waals surface area (Å²) in [6, 6.07) is 12.0. The first-order chi connectivity index (χ1) is 10.8. The molecule has 0 saturated carbocycles. The van der Waals surface area contributed by atoms with E-state index >= 15 is 0 Å². The molecule has 2 aromatic rings. The number of aliphatic hydroxyl groups is 1. The van der Waals surface area contributed by atoms with Gasteiger partial charge in [-0.25, -0.2) is 0 Å². The van der Waals surface area contributed by atoms with Crippen LogP contribution in [0.2, 0.25) is 0 Å². The van der Waals surface area contributed by atoms with Crippen molar-refractivity contribution in [1.29, 1.82) is 0 Å². The quantitative estimate of drug-likeness (QED) is 0.681. The van der Waals surface area contributed by atoms with Gasteiger partial charge in [0.15, 0.2) is 12.4 Å². The number of alkyl halides is 4. The number of halogens is 4. The fraction of sp³-hybridized carbons (Fsp3) is 0.125. The number of aliphatic hydroxyl groups excluding tert-OH is 1. The fourth-order valence-corrected chi connectivity index (χ4v) is 2.33. The van der Waals surface area contributed by atoms with Gasteiger partial charge in [-0.3, -0.25) is 4.79 Å². The highest BCUT2D eigenvalue weighted by Crippen LogP contribution is 2.47. The standard InChI is InChI=1S/C16H9F4NO2/c17-15(18)13(22)12(14(23)16(15,19)20)21-8-6-11(7-9-21)10-4-2-1-3-5-10/h1-9H/p+1. The van der Waals surface area contributed by atoms with Crippen LogP contribution >= 0.6 is 0 Å². The molecule has 1 aliphatic rings. The van der Waals surface area contributed by atoms with E-state index in [1.807, 2.05) is 6.07 Å².